The molecule has 3 aromatic carbocycles. The van der Waals surface area contributed by atoms with Crippen molar-refractivity contribution in [2.45, 2.75) is 13.8 Å². The van der Waals surface area contributed by atoms with Crippen LogP contribution >= 0.6 is 0 Å². The first-order valence-electron chi connectivity index (χ1n) is 9.11. The van der Waals surface area contributed by atoms with Gasteiger partial charge in [0.1, 0.15) is 11.7 Å². The normalized spacial score (nSPS) is 12.5. The van der Waals surface area contributed by atoms with Gasteiger partial charge in [0, 0.05) is 11.1 Å². The highest BCUT2D eigenvalue weighted by molar-refractivity contribution is 6.08. The molecule has 4 rings (SSSR count). The molecule has 0 fully saturated rings. The molecule has 1 heterocycles. The number of para-hydroxylation sites is 1. The highest BCUT2D eigenvalue weighted by Gasteiger charge is 2.11. The molecule has 0 unspecified atom stereocenters. The van der Waals surface area contributed by atoms with Gasteiger partial charge in [0.15, 0.2) is 0 Å². The largest absolute Gasteiger partial charge is 0.386 e. The van der Waals surface area contributed by atoms with E-state index in [4.69, 9.17) is 10.7 Å². The maximum absolute atomic E-state index is 5.59. The van der Waals surface area contributed by atoms with Crippen LogP contribution in [0.4, 0.5) is 0 Å². The molecular formula is C23H21N5. The third-order valence-electron chi connectivity index (χ3n) is 4.53. The summed E-state index contributed by atoms with van der Waals surface area (Å²) < 4.78 is 0. The summed E-state index contributed by atoms with van der Waals surface area (Å²) in [6.45, 7) is 3.62. The first-order chi connectivity index (χ1) is 13.6. The summed E-state index contributed by atoms with van der Waals surface area (Å²) in [5.74, 6) is 1.25. The fourth-order valence-electron chi connectivity index (χ4n) is 3.12. The first kappa shape index (κ1) is 17.7. The molecule has 0 aliphatic heterocycles. The van der Waals surface area contributed by atoms with Crippen molar-refractivity contribution in [3.05, 3.63) is 78.4 Å². The van der Waals surface area contributed by atoms with Crippen LogP contribution in [0, 0.1) is 0 Å². The summed E-state index contributed by atoms with van der Waals surface area (Å²) in [6.07, 6.45) is 0. The second-order valence-corrected chi connectivity index (χ2v) is 6.66. The topological polar surface area (TPSA) is 79.4 Å². The Morgan fingerprint density at radius 1 is 0.786 bits per heavy atom. The molecule has 0 atom stereocenters. The van der Waals surface area contributed by atoms with E-state index in [1.54, 1.807) is 6.92 Å². The van der Waals surface area contributed by atoms with Crippen molar-refractivity contribution in [1.82, 2.24) is 9.97 Å². The number of aromatic nitrogens is 2. The van der Waals surface area contributed by atoms with Gasteiger partial charge in [-0.2, -0.15) is 5.10 Å². The van der Waals surface area contributed by atoms with Gasteiger partial charge in [-0.15, -0.1) is 5.10 Å². The molecule has 0 radical (unpaired) electrons. The van der Waals surface area contributed by atoms with Crippen molar-refractivity contribution in [3.8, 4) is 22.5 Å². The molecule has 0 saturated carbocycles. The summed E-state index contributed by atoms with van der Waals surface area (Å²) >= 11 is 0. The van der Waals surface area contributed by atoms with Crippen LogP contribution in [0.25, 0.3) is 33.5 Å². The average Bonchev–Trinajstić information content (AvgIpc) is 3.17. The number of fused-ring (bicyclic) bond motifs is 1. The van der Waals surface area contributed by atoms with Crippen LogP contribution in [-0.4, -0.2) is 21.5 Å². The zero-order valence-corrected chi connectivity index (χ0v) is 15.8. The van der Waals surface area contributed by atoms with Gasteiger partial charge >= 0.3 is 0 Å². The van der Waals surface area contributed by atoms with E-state index in [1.807, 2.05) is 43.3 Å². The number of aromatic amines is 1. The van der Waals surface area contributed by atoms with Gasteiger partial charge in [-0.1, -0.05) is 66.7 Å². The summed E-state index contributed by atoms with van der Waals surface area (Å²) in [7, 11) is 0. The number of nitrogens with one attached hydrogen (secondary N) is 1. The smallest absolute Gasteiger partial charge is 0.138 e. The fourth-order valence-corrected chi connectivity index (χ4v) is 3.12. The number of rotatable bonds is 4. The number of imidazole rings is 1. The molecule has 1 aromatic heterocycles. The van der Waals surface area contributed by atoms with Crippen LogP contribution in [0.2, 0.25) is 0 Å². The van der Waals surface area contributed by atoms with Gasteiger partial charge in [-0.25, -0.2) is 4.98 Å². The molecule has 0 amide bonds. The van der Waals surface area contributed by atoms with E-state index in [-0.39, 0.29) is 0 Å². The van der Waals surface area contributed by atoms with Crippen molar-refractivity contribution in [2.24, 2.45) is 15.9 Å². The molecule has 0 aliphatic carbocycles. The minimum Gasteiger partial charge on any atom is -0.386 e. The molecular weight excluding hydrogens is 346 g/mol. The Morgan fingerprint density at radius 3 is 2.18 bits per heavy atom. The van der Waals surface area contributed by atoms with Gasteiger partial charge in [0.2, 0.25) is 0 Å². The van der Waals surface area contributed by atoms with Crippen LogP contribution in [0.1, 0.15) is 19.4 Å². The predicted octanol–water partition coefficient (Wildman–Crippen LogP) is 5.00. The molecule has 28 heavy (non-hydrogen) atoms. The van der Waals surface area contributed by atoms with Crippen LogP contribution in [0.3, 0.4) is 0 Å². The molecule has 0 aliphatic rings. The molecule has 0 spiro atoms. The van der Waals surface area contributed by atoms with E-state index >= 15 is 0 Å². The minimum atomic E-state index is 0.424. The third-order valence-corrected chi connectivity index (χ3v) is 4.53. The lowest BCUT2D eigenvalue weighted by Gasteiger charge is -2.02. The Labute approximate surface area is 163 Å². The highest BCUT2D eigenvalue weighted by Crippen LogP contribution is 2.26. The Balaban J connectivity index is 1.71. The molecule has 5 heteroatoms. The standard InChI is InChI=1S/C23H21N5/c1-15(27-28-16(2)24)20-9-6-10-21-22(20)26-23(25-21)19-13-11-18(12-14-19)17-7-4-3-5-8-17/h3-14H,1-2H3,(H2,24,28)(H,25,26)/b27-15+. The van der Waals surface area contributed by atoms with E-state index in [2.05, 4.69) is 51.6 Å². The van der Waals surface area contributed by atoms with E-state index in [1.165, 1.54) is 11.1 Å². The molecule has 5 nitrogen and oxygen atoms in total. The summed E-state index contributed by atoms with van der Waals surface area (Å²) in [4.78, 5) is 8.22. The number of nitrogens with zero attached hydrogens (tertiary/aromatic N) is 3. The molecule has 0 bridgehead atoms. The van der Waals surface area contributed by atoms with Gasteiger partial charge in [-0.05, 0) is 31.0 Å². The minimum absolute atomic E-state index is 0.424. The summed E-state index contributed by atoms with van der Waals surface area (Å²) in [5, 5.41) is 8.15. The van der Waals surface area contributed by atoms with Gasteiger partial charge in [0.05, 0.1) is 16.7 Å². The average molecular weight is 367 g/mol. The summed E-state index contributed by atoms with van der Waals surface area (Å²) in [6, 6.07) is 24.7. The van der Waals surface area contributed by atoms with Gasteiger partial charge in [0.25, 0.3) is 0 Å². The van der Waals surface area contributed by atoms with Crippen LogP contribution in [-0.2, 0) is 0 Å². The maximum Gasteiger partial charge on any atom is 0.138 e. The lowest BCUT2D eigenvalue weighted by molar-refractivity contribution is 1.20. The van der Waals surface area contributed by atoms with Crippen molar-refractivity contribution in [2.75, 3.05) is 0 Å². The monoisotopic (exact) mass is 367 g/mol. The molecule has 0 saturated heterocycles. The Bertz CT molecular complexity index is 1160. The first-order valence-corrected chi connectivity index (χ1v) is 9.11. The third kappa shape index (κ3) is 3.55. The quantitative estimate of drug-likeness (QED) is 0.302. The van der Waals surface area contributed by atoms with Crippen molar-refractivity contribution >= 4 is 22.6 Å². The van der Waals surface area contributed by atoms with Gasteiger partial charge in [-0.3, -0.25) is 0 Å². The lowest BCUT2D eigenvalue weighted by Crippen LogP contribution is -2.04. The van der Waals surface area contributed by atoms with Crippen LogP contribution < -0.4 is 5.73 Å². The number of hydrogen-bond donors (Lipinski definition) is 2. The van der Waals surface area contributed by atoms with E-state index in [0.29, 0.717) is 5.84 Å². The SMILES string of the molecule is C/C(N)=N\N=C(/C)c1cccc2[nH]c(-c3ccc(-c4ccccc4)cc3)nc12. The number of benzene rings is 3. The summed E-state index contributed by atoms with van der Waals surface area (Å²) in [5.41, 5.74) is 12.5. The number of hydrogen-bond acceptors (Lipinski definition) is 3. The van der Waals surface area contributed by atoms with E-state index in [0.717, 1.165) is 33.7 Å². The zero-order valence-electron chi connectivity index (χ0n) is 15.8. The van der Waals surface area contributed by atoms with E-state index < -0.39 is 0 Å². The van der Waals surface area contributed by atoms with Crippen molar-refractivity contribution in [1.29, 1.82) is 0 Å². The Morgan fingerprint density at radius 2 is 1.46 bits per heavy atom. The van der Waals surface area contributed by atoms with Crippen molar-refractivity contribution in [3.63, 3.8) is 0 Å². The predicted molar refractivity (Wildman–Crippen MR) is 116 cm³/mol. The molecule has 138 valence electrons. The second kappa shape index (κ2) is 7.48. The van der Waals surface area contributed by atoms with Crippen molar-refractivity contribution < 1.29 is 0 Å². The Kier molecular flexibility index (Phi) is 4.72. The molecule has 4 aromatic rings. The zero-order chi connectivity index (χ0) is 19.5. The van der Waals surface area contributed by atoms with Gasteiger partial charge < -0.3 is 10.7 Å². The second-order valence-electron chi connectivity index (χ2n) is 6.66. The highest BCUT2D eigenvalue weighted by atomic mass is 15.2. The number of amidine groups is 1. The molecule has 3 N–H and O–H groups in total. The number of nitrogens with two attached hydrogens (primary N) is 1. The van der Waals surface area contributed by atoms with Crippen LogP contribution in [0.5, 0.6) is 0 Å². The maximum atomic E-state index is 5.59. The van der Waals surface area contributed by atoms with Crippen LogP contribution in [0.15, 0.2) is 83.0 Å². The lowest BCUT2D eigenvalue weighted by atomic mass is 10.0. The van der Waals surface area contributed by atoms with E-state index in [9.17, 15) is 0 Å². The fraction of sp³-hybridized carbons (Fsp3) is 0.0870. The Hall–Kier alpha value is -3.73. The number of H-pyrrole nitrogens is 1.